The van der Waals surface area contributed by atoms with Crippen molar-refractivity contribution >= 4 is 11.6 Å². The van der Waals surface area contributed by atoms with E-state index in [0.29, 0.717) is 5.88 Å². The van der Waals surface area contributed by atoms with Crippen LogP contribution in [-0.2, 0) is 0 Å². The molecule has 0 amide bonds. The van der Waals surface area contributed by atoms with Gasteiger partial charge in [-0.25, -0.2) is 0 Å². The Labute approximate surface area is 64.9 Å². The molecule has 0 saturated heterocycles. The van der Waals surface area contributed by atoms with Crippen LogP contribution in [0, 0.1) is 4.91 Å². The Bertz CT molecular complexity index is 184. The molecule has 3 heteroatoms. The van der Waals surface area contributed by atoms with Crippen molar-refractivity contribution < 1.29 is 0 Å². The largest absolute Gasteiger partial charge is 0.145 e. The second-order valence-electron chi connectivity index (χ2n) is 1.71. The molecule has 0 bridgehead atoms. The van der Waals surface area contributed by atoms with Gasteiger partial charge in [-0.3, -0.25) is 0 Å². The molecule has 0 radical (unpaired) electrons. The van der Waals surface area contributed by atoms with Crippen LogP contribution in [-0.4, -0.2) is 5.88 Å². The van der Waals surface area contributed by atoms with E-state index in [2.05, 4.69) is 18.3 Å². The van der Waals surface area contributed by atoms with Crippen LogP contribution in [0.2, 0.25) is 0 Å². The third kappa shape index (κ3) is 4.04. The van der Waals surface area contributed by atoms with E-state index in [1.54, 1.807) is 6.08 Å². The van der Waals surface area contributed by atoms with E-state index >= 15 is 0 Å². The molecule has 0 fully saturated rings. The standard InChI is InChI=1S/C7H8ClNO/c1-6(5-8)3-4-7(2)9-10/h3-4H,1-2,5H2/b4-3-. The smallest absolute Gasteiger partial charge is 0.100 e. The normalized spacial score (nSPS) is 9.70. The minimum absolute atomic E-state index is 0.172. The SMILES string of the molecule is C=C(/C=C\C(=C)N=O)CCl. The maximum Gasteiger partial charge on any atom is 0.100 e. The lowest BCUT2D eigenvalue weighted by Gasteiger charge is -1.87. The van der Waals surface area contributed by atoms with Gasteiger partial charge in [-0.15, -0.1) is 16.5 Å². The average molecular weight is 158 g/mol. The summed E-state index contributed by atoms with van der Waals surface area (Å²) in [4.78, 5) is 9.74. The predicted molar refractivity (Wildman–Crippen MR) is 43.9 cm³/mol. The summed E-state index contributed by atoms with van der Waals surface area (Å²) in [6.45, 7) is 6.91. The van der Waals surface area contributed by atoms with Crippen molar-refractivity contribution in [3.05, 3.63) is 41.5 Å². The van der Waals surface area contributed by atoms with Crippen molar-refractivity contribution in [2.24, 2.45) is 5.18 Å². The molecule has 0 aromatic heterocycles. The minimum atomic E-state index is 0.172. The highest BCUT2D eigenvalue weighted by molar-refractivity contribution is 6.19. The van der Waals surface area contributed by atoms with Crippen molar-refractivity contribution in [3.8, 4) is 0 Å². The van der Waals surface area contributed by atoms with Crippen molar-refractivity contribution in [1.29, 1.82) is 0 Å². The molecular weight excluding hydrogens is 150 g/mol. The van der Waals surface area contributed by atoms with E-state index in [9.17, 15) is 4.91 Å². The summed E-state index contributed by atoms with van der Waals surface area (Å²) in [6.07, 6.45) is 3.08. The van der Waals surface area contributed by atoms with E-state index in [0.717, 1.165) is 5.57 Å². The molecule has 0 unspecified atom stereocenters. The summed E-state index contributed by atoms with van der Waals surface area (Å²) in [5.41, 5.74) is 0.901. The summed E-state index contributed by atoms with van der Waals surface area (Å²) in [7, 11) is 0. The lowest BCUT2D eigenvalue weighted by atomic mass is 10.3. The third-order valence-corrected chi connectivity index (χ3v) is 1.14. The monoisotopic (exact) mass is 157 g/mol. The second-order valence-corrected chi connectivity index (χ2v) is 1.98. The summed E-state index contributed by atoms with van der Waals surface area (Å²) in [5.74, 6) is 0.350. The second kappa shape index (κ2) is 4.94. The number of allylic oxidation sites excluding steroid dienone is 3. The van der Waals surface area contributed by atoms with Crippen LogP contribution in [0.4, 0.5) is 0 Å². The minimum Gasteiger partial charge on any atom is -0.145 e. The predicted octanol–water partition coefficient (Wildman–Crippen LogP) is 2.62. The zero-order chi connectivity index (χ0) is 7.98. The molecule has 0 aromatic rings. The number of nitrogens with zero attached hydrogens (tertiary/aromatic N) is 1. The van der Waals surface area contributed by atoms with E-state index in [1.807, 2.05) is 0 Å². The van der Waals surface area contributed by atoms with Crippen LogP contribution < -0.4 is 0 Å². The fourth-order valence-corrected chi connectivity index (χ4v) is 0.378. The molecule has 0 N–H and O–H groups in total. The van der Waals surface area contributed by atoms with Crippen molar-refractivity contribution in [2.75, 3.05) is 5.88 Å². The fourth-order valence-electron chi connectivity index (χ4n) is 0.289. The van der Waals surface area contributed by atoms with Crippen molar-refractivity contribution in [3.63, 3.8) is 0 Å². The zero-order valence-corrected chi connectivity index (χ0v) is 6.27. The Kier molecular flexibility index (Phi) is 4.50. The number of nitroso groups, excluding NO2 is 1. The molecule has 2 nitrogen and oxygen atoms in total. The zero-order valence-electron chi connectivity index (χ0n) is 5.51. The summed E-state index contributed by atoms with van der Waals surface area (Å²) in [6, 6.07) is 0. The number of hydrogen-bond acceptors (Lipinski definition) is 2. The van der Waals surface area contributed by atoms with Crippen LogP contribution in [0.1, 0.15) is 0 Å². The van der Waals surface area contributed by atoms with E-state index in [4.69, 9.17) is 11.6 Å². The van der Waals surface area contributed by atoms with Crippen LogP contribution in [0.5, 0.6) is 0 Å². The third-order valence-electron chi connectivity index (χ3n) is 0.800. The summed E-state index contributed by atoms with van der Waals surface area (Å²) < 4.78 is 0. The highest BCUT2D eigenvalue weighted by Crippen LogP contribution is 2.00. The van der Waals surface area contributed by atoms with Crippen molar-refractivity contribution in [1.82, 2.24) is 0 Å². The number of hydrogen-bond donors (Lipinski definition) is 0. The molecule has 10 heavy (non-hydrogen) atoms. The van der Waals surface area contributed by atoms with E-state index in [-0.39, 0.29) is 5.70 Å². The molecule has 0 aliphatic carbocycles. The van der Waals surface area contributed by atoms with Gasteiger partial charge in [0.05, 0.1) is 0 Å². The van der Waals surface area contributed by atoms with Gasteiger partial charge in [-0.2, -0.15) is 0 Å². The Morgan fingerprint density at radius 2 is 2.10 bits per heavy atom. The van der Waals surface area contributed by atoms with Crippen LogP contribution in [0.3, 0.4) is 0 Å². The van der Waals surface area contributed by atoms with Gasteiger partial charge in [0, 0.05) is 5.88 Å². The first kappa shape index (κ1) is 9.11. The van der Waals surface area contributed by atoms with Crippen molar-refractivity contribution in [2.45, 2.75) is 0 Å². The Hall–Kier alpha value is -0.890. The average Bonchev–Trinajstić information content (AvgIpc) is 1.99. The lowest BCUT2D eigenvalue weighted by Crippen LogP contribution is -1.74. The van der Waals surface area contributed by atoms with Gasteiger partial charge in [-0.05, 0) is 16.8 Å². The van der Waals surface area contributed by atoms with Gasteiger partial charge in [-0.1, -0.05) is 19.2 Å². The van der Waals surface area contributed by atoms with Crippen LogP contribution in [0.15, 0.2) is 41.8 Å². The van der Waals surface area contributed by atoms with E-state index in [1.165, 1.54) is 6.08 Å². The summed E-state index contributed by atoms with van der Waals surface area (Å²) in [5, 5.41) is 2.58. The number of rotatable bonds is 4. The Balaban J connectivity index is 3.87. The van der Waals surface area contributed by atoms with Gasteiger partial charge in [0.15, 0.2) is 0 Å². The highest BCUT2D eigenvalue weighted by atomic mass is 35.5. The highest BCUT2D eigenvalue weighted by Gasteiger charge is 1.84. The first-order chi connectivity index (χ1) is 4.70. The number of alkyl halides is 1. The topological polar surface area (TPSA) is 29.4 Å². The number of halogens is 1. The maximum absolute atomic E-state index is 9.74. The van der Waals surface area contributed by atoms with E-state index < -0.39 is 0 Å². The lowest BCUT2D eigenvalue weighted by molar-refractivity contribution is 1.40. The molecule has 0 rings (SSSR count). The van der Waals surface area contributed by atoms with Gasteiger partial charge in [0.25, 0.3) is 0 Å². The van der Waals surface area contributed by atoms with Crippen LogP contribution >= 0.6 is 11.6 Å². The Morgan fingerprint density at radius 3 is 2.50 bits per heavy atom. The van der Waals surface area contributed by atoms with Gasteiger partial charge < -0.3 is 0 Å². The Morgan fingerprint density at radius 1 is 1.50 bits per heavy atom. The quantitative estimate of drug-likeness (QED) is 0.351. The van der Waals surface area contributed by atoms with Crippen LogP contribution in [0.25, 0.3) is 0 Å². The molecule has 54 valence electrons. The molecule has 0 aliphatic heterocycles. The first-order valence-corrected chi connectivity index (χ1v) is 3.18. The molecule has 0 atom stereocenters. The maximum atomic E-state index is 9.74. The molecule has 0 aromatic carbocycles. The molecule has 0 saturated carbocycles. The molecular formula is C7H8ClNO. The van der Waals surface area contributed by atoms with Gasteiger partial charge >= 0.3 is 0 Å². The molecule has 0 aliphatic rings. The van der Waals surface area contributed by atoms with Gasteiger partial charge in [0.1, 0.15) is 5.70 Å². The molecule has 0 spiro atoms. The van der Waals surface area contributed by atoms with Gasteiger partial charge in [0.2, 0.25) is 0 Å². The molecule has 0 heterocycles. The first-order valence-electron chi connectivity index (χ1n) is 2.64. The summed E-state index contributed by atoms with van der Waals surface area (Å²) >= 11 is 5.39. The fraction of sp³-hybridized carbons (Fsp3) is 0.143.